The van der Waals surface area contributed by atoms with Gasteiger partial charge in [0.15, 0.2) is 0 Å². The normalized spacial score (nSPS) is 13.7. The van der Waals surface area contributed by atoms with Crippen LogP contribution in [0.5, 0.6) is 0 Å². The number of nitrogens with zero attached hydrogens (tertiary/aromatic N) is 2. The largest absolute Gasteiger partial charge is 0.352 e. The summed E-state index contributed by atoms with van der Waals surface area (Å²) in [5, 5.41) is 10.0. The highest BCUT2D eigenvalue weighted by atomic mass is 35.5. The van der Waals surface area contributed by atoms with Crippen molar-refractivity contribution in [1.29, 1.82) is 0 Å². The Bertz CT molecular complexity index is 791. The molecule has 0 spiro atoms. The van der Waals surface area contributed by atoms with Gasteiger partial charge in [-0.1, -0.05) is 16.8 Å². The van der Waals surface area contributed by atoms with Crippen LogP contribution in [0, 0.1) is 12.7 Å². The van der Waals surface area contributed by atoms with Gasteiger partial charge < -0.3 is 15.2 Å². The molecule has 0 unspecified atom stereocenters. The van der Waals surface area contributed by atoms with Crippen molar-refractivity contribution in [2.45, 2.75) is 26.2 Å². The van der Waals surface area contributed by atoms with Crippen molar-refractivity contribution in [2.24, 2.45) is 0 Å². The Labute approximate surface area is 157 Å². The first-order valence-corrected chi connectivity index (χ1v) is 8.36. The number of aromatic nitrogens is 2. The van der Waals surface area contributed by atoms with E-state index in [1.807, 2.05) is 0 Å². The molecule has 6 nitrogen and oxygen atoms in total. The smallest absolute Gasteiger partial charge is 0.227 e. The second-order valence-electron chi connectivity index (χ2n) is 6.07. The molecule has 0 bridgehead atoms. The lowest BCUT2D eigenvalue weighted by atomic mass is 10.1. The van der Waals surface area contributed by atoms with Crippen molar-refractivity contribution in [3.63, 3.8) is 0 Å². The lowest BCUT2D eigenvalue weighted by Crippen LogP contribution is -2.29. The van der Waals surface area contributed by atoms with Crippen LogP contribution in [0.15, 0.2) is 34.4 Å². The number of hydrogen-bond acceptors (Lipinski definition) is 5. The molecule has 2 heterocycles. The highest BCUT2D eigenvalue weighted by molar-refractivity contribution is 5.85. The van der Waals surface area contributed by atoms with Crippen LogP contribution in [-0.2, 0) is 11.2 Å². The predicted molar refractivity (Wildman–Crippen MR) is 98.6 cm³/mol. The van der Waals surface area contributed by atoms with Crippen LogP contribution in [0.4, 0.5) is 4.39 Å². The zero-order valence-corrected chi connectivity index (χ0v) is 15.4. The fourth-order valence-corrected chi connectivity index (χ4v) is 2.61. The Balaban J connectivity index is 0.00000243. The SMILES string of the molecule is Cc1cc(-c2noc(CCC(=O)NCC3=CCNCC3)n2)ccc1F.Cl. The van der Waals surface area contributed by atoms with Gasteiger partial charge in [-0.05, 0) is 43.7 Å². The topological polar surface area (TPSA) is 80.0 Å². The maximum absolute atomic E-state index is 13.3. The van der Waals surface area contributed by atoms with Gasteiger partial charge in [-0.2, -0.15) is 4.98 Å². The Morgan fingerprint density at radius 2 is 2.27 bits per heavy atom. The number of halogens is 2. The van der Waals surface area contributed by atoms with Gasteiger partial charge in [0.1, 0.15) is 5.82 Å². The average molecular weight is 381 g/mol. The van der Waals surface area contributed by atoms with Crippen LogP contribution in [0.1, 0.15) is 24.3 Å². The van der Waals surface area contributed by atoms with E-state index in [9.17, 15) is 9.18 Å². The minimum Gasteiger partial charge on any atom is -0.352 e. The maximum Gasteiger partial charge on any atom is 0.227 e. The standard InChI is InChI=1S/C18H21FN4O2.ClH/c1-12-10-14(2-3-15(12)19)18-22-17(25-23-18)5-4-16(24)21-11-13-6-8-20-9-7-13;/h2-3,6,10,20H,4-5,7-9,11H2,1H3,(H,21,24);1H. The lowest BCUT2D eigenvalue weighted by Gasteiger charge is -2.14. The van der Waals surface area contributed by atoms with E-state index in [-0.39, 0.29) is 30.6 Å². The Hall–Kier alpha value is -2.25. The molecule has 2 N–H and O–H groups in total. The molecule has 140 valence electrons. The van der Waals surface area contributed by atoms with Crippen molar-refractivity contribution >= 4 is 18.3 Å². The van der Waals surface area contributed by atoms with Crippen molar-refractivity contribution in [3.8, 4) is 11.4 Å². The first kappa shape index (κ1) is 20.1. The van der Waals surface area contributed by atoms with Gasteiger partial charge in [0.05, 0.1) is 0 Å². The molecule has 0 saturated heterocycles. The molecule has 8 heteroatoms. The molecule has 0 aliphatic carbocycles. The molecule has 1 aromatic heterocycles. The Morgan fingerprint density at radius 1 is 1.42 bits per heavy atom. The molecule has 1 aliphatic rings. The third kappa shape index (κ3) is 5.37. The lowest BCUT2D eigenvalue weighted by molar-refractivity contribution is -0.121. The van der Waals surface area contributed by atoms with Gasteiger partial charge in [0.25, 0.3) is 0 Å². The third-order valence-electron chi connectivity index (χ3n) is 4.12. The minimum absolute atomic E-state index is 0. The van der Waals surface area contributed by atoms with Crippen LogP contribution in [-0.4, -0.2) is 35.7 Å². The van der Waals surface area contributed by atoms with Gasteiger partial charge in [-0.15, -0.1) is 12.4 Å². The first-order valence-electron chi connectivity index (χ1n) is 8.36. The van der Waals surface area contributed by atoms with E-state index in [2.05, 4.69) is 26.9 Å². The second-order valence-corrected chi connectivity index (χ2v) is 6.07. The molecular weight excluding hydrogens is 359 g/mol. The minimum atomic E-state index is -0.270. The third-order valence-corrected chi connectivity index (χ3v) is 4.12. The number of carbonyl (C=O) groups is 1. The number of hydrogen-bond donors (Lipinski definition) is 2. The summed E-state index contributed by atoms with van der Waals surface area (Å²) in [6.45, 7) is 4.08. The Kier molecular flexibility index (Phi) is 7.29. The first-order chi connectivity index (χ1) is 12.1. The molecule has 1 aromatic carbocycles. The van der Waals surface area contributed by atoms with E-state index in [0.717, 1.165) is 19.5 Å². The number of nitrogens with one attached hydrogen (secondary N) is 2. The molecule has 3 rings (SSSR count). The monoisotopic (exact) mass is 380 g/mol. The summed E-state index contributed by atoms with van der Waals surface area (Å²) in [7, 11) is 0. The molecule has 26 heavy (non-hydrogen) atoms. The van der Waals surface area contributed by atoms with E-state index in [1.54, 1.807) is 19.1 Å². The number of amides is 1. The van der Waals surface area contributed by atoms with Crippen molar-refractivity contribution in [1.82, 2.24) is 20.8 Å². The molecule has 1 amide bonds. The van der Waals surface area contributed by atoms with Crippen LogP contribution < -0.4 is 10.6 Å². The summed E-state index contributed by atoms with van der Waals surface area (Å²) >= 11 is 0. The van der Waals surface area contributed by atoms with Gasteiger partial charge in [-0.25, -0.2) is 4.39 Å². The van der Waals surface area contributed by atoms with Crippen molar-refractivity contribution in [3.05, 3.63) is 47.1 Å². The fourth-order valence-electron chi connectivity index (χ4n) is 2.61. The van der Waals surface area contributed by atoms with E-state index in [4.69, 9.17) is 4.52 Å². The molecule has 0 fully saturated rings. The summed E-state index contributed by atoms with van der Waals surface area (Å²) in [5.41, 5.74) is 2.46. The Morgan fingerprint density at radius 3 is 3.00 bits per heavy atom. The van der Waals surface area contributed by atoms with E-state index >= 15 is 0 Å². The molecular formula is C18H22ClFN4O2. The average Bonchev–Trinajstić information content (AvgIpc) is 3.10. The quantitative estimate of drug-likeness (QED) is 0.753. The number of benzene rings is 1. The van der Waals surface area contributed by atoms with E-state index in [1.165, 1.54) is 11.6 Å². The summed E-state index contributed by atoms with van der Waals surface area (Å²) in [6, 6.07) is 4.66. The van der Waals surface area contributed by atoms with Crippen LogP contribution >= 0.6 is 12.4 Å². The van der Waals surface area contributed by atoms with Crippen molar-refractivity contribution < 1.29 is 13.7 Å². The van der Waals surface area contributed by atoms with Crippen molar-refractivity contribution in [2.75, 3.05) is 19.6 Å². The van der Waals surface area contributed by atoms with Gasteiger partial charge in [0, 0.05) is 31.5 Å². The summed E-state index contributed by atoms with van der Waals surface area (Å²) in [4.78, 5) is 16.2. The summed E-state index contributed by atoms with van der Waals surface area (Å²) in [6.07, 6.45) is 3.73. The predicted octanol–water partition coefficient (Wildman–Crippen LogP) is 2.57. The number of carbonyl (C=O) groups excluding carboxylic acids is 1. The highest BCUT2D eigenvalue weighted by Gasteiger charge is 2.12. The van der Waals surface area contributed by atoms with Crippen LogP contribution in [0.3, 0.4) is 0 Å². The fraction of sp³-hybridized carbons (Fsp3) is 0.389. The number of rotatable bonds is 6. The molecule has 0 saturated carbocycles. The highest BCUT2D eigenvalue weighted by Crippen LogP contribution is 2.19. The molecule has 0 atom stereocenters. The van der Waals surface area contributed by atoms with Crippen LogP contribution in [0.2, 0.25) is 0 Å². The van der Waals surface area contributed by atoms with Gasteiger partial charge in [0.2, 0.25) is 17.6 Å². The zero-order valence-electron chi connectivity index (χ0n) is 14.5. The van der Waals surface area contributed by atoms with Gasteiger partial charge in [-0.3, -0.25) is 4.79 Å². The summed E-state index contributed by atoms with van der Waals surface area (Å²) in [5.74, 6) is 0.483. The number of aryl methyl sites for hydroxylation is 2. The molecule has 2 aromatic rings. The van der Waals surface area contributed by atoms with E-state index in [0.29, 0.717) is 35.8 Å². The van der Waals surface area contributed by atoms with E-state index < -0.39 is 0 Å². The zero-order chi connectivity index (χ0) is 17.6. The molecule has 0 radical (unpaired) electrons. The van der Waals surface area contributed by atoms with Crippen LogP contribution in [0.25, 0.3) is 11.4 Å². The molecule has 1 aliphatic heterocycles. The maximum atomic E-state index is 13.3. The summed E-state index contributed by atoms with van der Waals surface area (Å²) < 4.78 is 18.5. The second kappa shape index (κ2) is 9.45. The van der Waals surface area contributed by atoms with Gasteiger partial charge >= 0.3 is 0 Å².